The van der Waals surface area contributed by atoms with E-state index in [1.807, 2.05) is 47.4 Å². The molecule has 1 fully saturated rings. The fourth-order valence-electron chi connectivity index (χ4n) is 3.11. The van der Waals surface area contributed by atoms with E-state index >= 15 is 0 Å². The molecule has 1 aliphatic heterocycles. The van der Waals surface area contributed by atoms with E-state index in [-0.39, 0.29) is 12.5 Å². The van der Waals surface area contributed by atoms with E-state index < -0.39 is 0 Å². The number of rotatable bonds is 5. The number of piperazine rings is 1. The standard InChI is InChI=1S/C20H22N4O2/c1-26-19-9-5-4-8-18(19)23-10-12-24(13-11-23)20(25)15-22-17-7-3-2-6-16(17)14-21/h2-9,22H,10-13,15H2,1H3. The van der Waals surface area contributed by atoms with Crippen molar-refractivity contribution in [3.05, 3.63) is 54.1 Å². The number of hydrogen-bond donors (Lipinski definition) is 1. The second kappa shape index (κ2) is 8.26. The van der Waals surface area contributed by atoms with Crippen molar-refractivity contribution in [3.8, 4) is 11.8 Å². The Morgan fingerprint density at radius 3 is 2.54 bits per heavy atom. The van der Waals surface area contributed by atoms with Crippen molar-refractivity contribution in [1.82, 2.24) is 4.90 Å². The monoisotopic (exact) mass is 350 g/mol. The number of benzene rings is 2. The average molecular weight is 350 g/mol. The zero-order valence-electron chi connectivity index (χ0n) is 14.8. The Balaban J connectivity index is 1.55. The van der Waals surface area contributed by atoms with Gasteiger partial charge in [0.1, 0.15) is 11.8 Å². The fraction of sp³-hybridized carbons (Fsp3) is 0.300. The highest BCUT2D eigenvalue weighted by Crippen LogP contribution is 2.28. The van der Waals surface area contributed by atoms with Crippen LogP contribution in [0.5, 0.6) is 5.75 Å². The van der Waals surface area contributed by atoms with Crippen LogP contribution >= 0.6 is 0 Å². The molecule has 1 heterocycles. The molecular formula is C20H22N4O2. The molecule has 0 aromatic heterocycles. The van der Waals surface area contributed by atoms with Gasteiger partial charge in [-0.2, -0.15) is 5.26 Å². The third-order valence-electron chi connectivity index (χ3n) is 4.54. The Morgan fingerprint density at radius 2 is 1.81 bits per heavy atom. The lowest BCUT2D eigenvalue weighted by molar-refractivity contribution is -0.129. The summed E-state index contributed by atoms with van der Waals surface area (Å²) in [7, 11) is 1.67. The molecule has 2 aromatic carbocycles. The van der Waals surface area contributed by atoms with Crippen molar-refractivity contribution in [2.75, 3.05) is 50.1 Å². The van der Waals surface area contributed by atoms with Gasteiger partial charge in [-0.05, 0) is 24.3 Å². The molecule has 2 aromatic rings. The van der Waals surface area contributed by atoms with E-state index in [2.05, 4.69) is 16.3 Å². The number of amides is 1. The summed E-state index contributed by atoms with van der Waals surface area (Å²) in [5.74, 6) is 0.888. The van der Waals surface area contributed by atoms with Crippen LogP contribution in [0.2, 0.25) is 0 Å². The van der Waals surface area contributed by atoms with Gasteiger partial charge in [-0.1, -0.05) is 24.3 Å². The Bertz CT molecular complexity index is 807. The number of nitriles is 1. The highest BCUT2D eigenvalue weighted by molar-refractivity contribution is 5.81. The van der Waals surface area contributed by atoms with Crippen LogP contribution in [-0.4, -0.2) is 50.6 Å². The first-order valence-corrected chi connectivity index (χ1v) is 8.61. The molecule has 0 atom stereocenters. The fourth-order valence-corrected chi connectivity index (χ4v) is 3.11. The highest BCUT2D eigenvalue weighted by atomic mass is 16.5. The van der Waals surface area contributed by atoms with Crippen molar-refractivity contribution in [3.63, 3.8) is 0 Å². The van der Waals surface area contributed by atoms with Crippen LogP contribution < -0.4 is 15.0 Å². The summed E-state index contributed by atoms with van der Waals surface area (Å²) in [5.41, 5.74) is 2.29. The van der Waals surface area contributed by atoms with E-state index in [0.717, 1.165) is 24.5 Å². The number of carbonyl (C=O) groups excluding carboxylic acids is 1. The van der Waals surface area contributed by atoms with Crippen LogP contribution in [0, 0.1) is 11.3 Å². The molecule has 1 saturated heterocycles. The van der Waals surface area contributed by atoms with E-state index in [0.29, 0.717) is 24.3 Å². The molecule has 0 aliphatic carbocycles. The summed E-state index contributed by atoms with van der Waals surface area (Å²) in [4.78, 5) is 16.6. The van der Waals surface area contributed by atoms with E-state index in [4.69, 9.17) is 10.00 Å². The van der Waals surface area contributed by atoms with Gasteiger partial charge in [-0.15, -0.1) is 0 Å². The molecule has 0 bridgehead atoms. The van der Waals surface area contributed by atoms with Crippen LogP contribution in [0.1, 0.15) is 5.56 Å². The Morgan fingerprint density at radius 1 is 1.12 bits per heavy atom. The summed E-state index contributed by atoms with van der Waals surface area (Å²) in [6, 6.07) is 17.3. The van der Waals surface area contributed by atoms with Crippen molar-refractivity contribution >= 4 is 17.3 Å². The van der Waals surface area contributed by atoms with Gasteiger partial charge >= 0.3 is 0 Å². The minimum atomic E-state index is 0.0393. The van der Waals surface area contributed by atoms with Crippen molar-refractivity contribution in [2.24, 2.45) is 0 Å². The maximum absolute atomic E-state index is 12.5. The number of nitrogens with one attached hydrogen (secondary N) is 1. The molecule has 0 saturated carbocycles. The normalized spacial score (nSPS) is 13.8. The van der Waals surface area contributed by atoms with Crippen LogP contribution in [0.3, 0.4) is 0 Å². The van der Waals surface area contributed by atoms with Crippen LogP contribution in [0.25, 0.3) is 0 Å². The largest absolute Gasteiger partial charge is 0.495 e. The molecule has 26 heavy (non-hydrogen) atoms. The lowest BCUT2D eigenvalue weighted by Crippen LogP contribution is -2.50. The molecule has 0 spiro atoms. The van der Waals surface area contributed by atoms with Gasteiger partial charge < -0.3 is 19.9 Å². The third kappa shape index (κ3) is 3.89. The zero-order valence-corrected chi connectivity index (χ0v) is 14.8. The van der Waals surface area contributed by atoms with Gasteiger partial charge in [0.15, 0.2) is 0 Å². The van der Waals surface area contributed by atoms with E-state index in [1.54, 1.807) is 13.2 Å². The smallest absolute Gasteiger partial charge is 0.241 e. The first kappa shape index (κ1) is 17.6. The van der Waals surface area contributed by atoms with Crippen LogP contribution in [0.15, 0.2) is 48.5 Å². The van der Waals surface area contributed by atoms with Gasteiger partial charge in [-0.3, -0.25) is 4.79 Å². The molecule has 1 amide bonds. The quantitative estimate of drug-likeness (QED) is 0.896. The summed E-state index contributed by atoms with van der Waals surface area (Å²) in [5, 5.41) is 12.2. The number of ether oxygens (including phenoxy) is 1. The number of hydrogen-bond acceptors (Lipinski definition) is 5. The average Bonchev–Trinajstić information content (AvgIpc) is 2.72. The predicted octanol–water partition coefficient (Wildman–Crippen LogP) is 2.33. The second-order valence-electron chi connectivity index (χ2n) is 6.05. The van der Waals surface area contributed by atoms with Gasteiger partial charge in [-0.25, -0.2) is 0 Å². The maximum atomic E-state index is 12.5. The summed E-state index contributed by atoms with van der Waals surface area (Å²) in [6.07, 6.45) is 0. The number of carbonyl (C=O) groups is 1. The molecule has 6 nitrogen and oxygen atoms in total. The Labute approximate surface area is 153 Å². The molecule has 134 valence electrons. The molecule has 1 aliphatic rings. The lowest BCUT2D eigenvalue weighted by Gasteiger charge is -2.36. The Hall–Kier alpha value is -3.20. The summed E-state index contributed by atoms with van der Waals surface area (Å²) < 4.78 is 5.42. The maximum Gasteiger partial charge on any atom is 0.241 e. The van der Waals surface area contributed by atoms with E-state index in [1.165, 1.54) is 0 Å². The molecular weight excluding hydrogens is 328 g/mol. The molecule has 0 unspecified atom stereocenters. The first-order chi connectivity index (χ1) is 12.7. The third-order valence-corrected chi connectivity index (χ3v) is 4.54. The van der Waals surface area contributed by atoms with Crippen molar-refractivity contribution in [1.29, 1.82) is 5.26 Å². The zero-order chi connectivity index (χ0) is 18.4. The highest BCUT2D eigenvalue weighted by Gasteiger charge is 2.22. The summed E-state index contributed by atoms with van der Waals surface area (Å²) >= 11 is 0. The van der Waals surface area contributed by atoms with Gasteiger partial charge in [0, 0.05) is 26.2 Å². The van der Waals surface area contributed by atoms with Gasteiger partial charge in [0.2, 0.25) is 5.91 Å². The van der Waals surface area contributed by atoms with Crippen LogP contribution in [0.4, 0.5) is 11.4 Å². The predicted molar refractivity (Wildman–Crippen MR) is 101 cm³/mol. The van der Waals surface area contributed by atoms with Gasteiger partial charge in [0.25, 0.3) is 0 Å². The number of anilines is 2. The van der Waals surface area contributed by atoms with Crippen molar-refractivity contribution in [2.45, 2.75) is 0 Å². The van der Waals surface area contributed by atoms with E-state index in [9.17, 15) is 4.79 Å². The number of para-hydroxylation sites is 3. The topological polar surface area (TPSA) is 68.6 Å². The molecule has 0 radical (unpaired) electrons. The van der Waals surface area contributed by atoms with Gasteiger partial charge in [0.05, 0.1) is 30.6 Å². The van der Waals surface area contributed by atoms with Crippen molar-refractivity contribution < 1.29 is 9.53 Å². The Kier molecular flexibility index (Phi) is 5.59. The summed E-state index contributed by atoms with van der Waals surface area (Å²) in [6.45, 7) is 3.05. The van der Waals surface area contributed by atoms with Crippen LogP contribution in [-0.2, 0) is 4.79 Å². The lowest BCUT2D eigenvalue weighted by atomic mass is 10.2. The number of methoxy groups -OCH3 is 1. The number of nitrogens with zero attached hydrogens (tertiary/aromatic N) is 3. The molecule has 1 N–H and O–H groups in total. The second-order valence-corrected chi connectivity index (χ2v) is 6.05. The SMILES string of the molecule is COc1ccccc1N1CCN(C(=O)CNc2ccccc2C#N)CC1. The minimum absolute atomic E-state index is 0.0393. The first-order valence-electron chi connectivity index (χ1n) is 8.61. The molecule has 3 rings (SSSR count). The molecule has 6 heteroatoms. The minimum Gasteiger partial charge on any atom is -0.495 e.